The second-order valence-corrected chi connectivity index (χ2v) is 33.6. The maximum Gasteiger partial charge on any atom is 0.337 e. The highest BCUT2D eigenvalue weighted by Gasteiger charge is 2.18. The Morgan fingerprint density at radius 3 is 0.937 bits per heavy atom. The molecule has 0 fully saturated rings. The van der Waals surface area contributed by atoms with Gasteiger partial charge in [0.1, 0.15) is 0 Å². The number of rotatable bonds is 29. The summed E-state index contributed by atoms with van der Waals surface area (Å²) in [5.74, 6) is 26.6. The van der Waals surface area contributed by atoms with E-state index in [9.17, 15) is 29.1 Å². The molecular weight excluding hydrogens is 1900 g/mol. The van der Waals surface area contributed by atoms with Crippen molar-refractivity contribution in [2.75, 3.05) is 55.5 Å². The lowest BCUT2D eigenvalue weighted by atomic mass is 10.00. The van der Waals surface area contributed by atoms with E-state index in [4.69, 9.17) is 16.9 Å². The summed E-state index contributed by atoms with van der Waals surface area (Å²) in [4.78, 5) is 68.5. The number of methoxy groups -OCH3 is 2. The summed E-state index contributed by atoms with van der Waals surface area (Å²) in [5.41, 5.74) is 28.3. The fourth-order valence-electron chi connectivity index (χ4n) is 14.6. The maximum absolute atomic E-state index is 12.8. The number of allylic oxidation sites excluding steroid dienone is 2. The van der Waals surface area contributed by atoms with E-state index in [-0.39, 0.29) is 23.1 Å². The number of carbonyl (C=O) groups excluding carboxylic acids is 4. The lowest BCUT2D eigenvalue weighted by Crippen LogP contribution is -2.04. The van der Waals surface area contributed by atoms with Gasteiger partial charge >= 0.3 is 17.9 Å². The van der Waals surface area contributed by atoms with Gasteiger partial charge in [-0.25, -0.2) is 37.8 Å². The summed E-state index contributed by atoms with van der Waals surface area (Å²) in [7, 11) is 10.4. The smallest absolute Gasteiger partial charge is 0.337 e. The van der Waals surface area contributed by atoms with Crippen molar-refractivity contribution >= 4 is 64.5 Å². The Balaban J connectivity index is 0.000000157. The van der Waals surface area contributed by atoms with Crippen LogP contribution in [0.2, 0.25) is 0 Å². The molecule has 0 spiro atoms. The summed E-state index contributed by atoms with van der Waals surface area (Å²) in [6.07, 6.45) is 37.9. The van der Waals surface area contributed by atoms with Crippen LogP contribution in [0.15, 0.2) is 338 Å². The molecule has 718 valence electrons. The summed E-state index contributed by atoms with van der Waals surface area (Å²) in [5, 5.41) is 42.9. The van der Waals surface area contributed by atoms with Crippen LogP contribution in [0.1, 0.15) is 181 Å². The molecule has 143 heavy (non-hydrogen) atoms. The third-order valence-corrected chi connectivity index (χ3v) is 23.0. The Morgan fingerprint density at radius 2 is 0.657 bits per heavy atom. The van der Waals surface area contributed by atoms with E-state index in [1.807, 2.05) is 253 Å². The normalized spacial score (nSPS) is 11.0. The number of hydrogen-bond acceptors (Lipinski definition) is 19. The number of nitrogens with zero attached hydrogens (tertiary/aromatic N) is 12. The number of nitrogens with one attached hydrogen (secondary N) is 4. The average Bonchev–Trinajstić information content (AvgIpc) is 1.82. The molecule has 0 saturated heterocycles. The van der Waals surface area contributed by atoms with Crippen molar-refractivity contribution < 1.29 is 38.6 Å². The quantitative estimate of drug-likeness (QED) is 0.00834. The molecule has 7 N–H and O–H groups in total. The molecule has 7 heterocycles. The van der Waals surface area contributed by atoms with Gasteiger partial charge in [-0.2, -0.15) is 25.5 Å². The molecule has 10 aromatic carbocycles. The number of terminal acetylenes is 1. The van der Waals surface area contributed by atoms with E-state index in [1.165, 1.54) is 47.6 Å². The van der Waals surface area contributed by atoms with E-state index in [1.54, 1.807) is 103 Å². The van der Waals surface area contributed by atoms with Crippen LogP contribution in [0.5, 0.6) is 0 Å². The first-order chi connectivity index (χ1) is 69.9. The average molecular weight is 2010 g/mol. The number of ketones is 2. The predicted molar refractivity (Wildman–Crippen MR) is 572 cm³/mol. The topological polar surface area (TPSA) is 312 Å². The predicted octanol–water partition coefficient (Wildman–Crippen LogP) is 18.3. The maximum atomic E-state index is 12.8. The van der Waals surface area contributed by atoms with E-state index in [0.717, 1.165) is 154 Å². The van der Waals surface area contributed by atoms with Crippen LogP contribution in [-0.4, -0.2) is 151 Å². The number of carboxylic acid groups (broad SMARTS) is 1. The number of nitrogens with two attached hydrogens (primary N) is 1. The van der Waals surface area contributed by atoms with Crippen molar-refractivity contribution in [1.29, 1.82) is 0 Å². The highest BCUT2D eigenvalue weighted by molar-refractivity contribution is 14.1. The van der Waals surface area contributed by atoms with Gasteiger partial charge in [0.2, 0.25) is 0 Å². The molecule has 0 unspecified atom stereocenters. The van der Waals surface area contributed by atoms with Gasteiger partial charge in [0.15, 0.2) is 11.6 Å². The lowest BCUT2D eigenvalue weighted by molar-refractivity contribution is 0.0592. The number of benzene rings is 10. The molecule has 0 bridgehead atoms. The molecular formula is C117H110IN17O8. The molecule has 0 atom stereocenters. The Morgan fingerprint density at radius 1 is 0.371 bits per heavy atom. The monoisotopic (exact) mass is 2010 g/mol. The number of halogens is 1. The number of ether oxygens (including phenoxy) is 2. The Hall–Kier alpha value is -16.9. The fraction of sp³-hybridized carbons (Fsp3) is 0.179. The number of aromatic carboxylic acids is 1. The van der Waals surface area contributed by atoms with Gasteiger partial charge in [0, 0.05) is 162 Å². The van der Waals surface area contributed by atoms with E-state index in [2.05, 4.69) is 162 Å². The first-order valence-corrected chi connectivity index (χ1v) is 47.5. The summed E-state index contributed by atoms with van der Waals surface area (Å²) >= 11 is 2.17. The number of carbonyl (C=O) groups is 5. The van der Waals surface area contributed by atoms with E-state index < -0.39 is 11.9 Å². The first-order valence-electron chi connectivity index (χ1n) is 46.4. The molecule has 25 nitrogen and oxygen atoms in total. The summed E-state index contributed by atoms with van der Waals surface area (Å²) in [6.45, 7) is 5.43. The lowest BCUT2D eigenvalue weighted by Gasteiger charge is -2.08. The third kappa shape index (κ3) is 32.6. The van der Waals surface area contributed by atoms with Crippen LogP contribution in [0.4, 0.5) is 0 Å². The van der Waals surface area contributed by atoms with Gasteiger partial charge in [0.25, 0.3) is 0 Å². The van der Waals surface area contributed by atoms with Crippen LogP contribution in [0, 0.1) is 63.3 Å². The molecule has 5 aromatic heterocycles. The summed E-state index contributed by atoms with van der Waals surface area (Å²) < 4.78 is 19.1. The van der Waals surface area contributed by atoms with Crippen LogP contribution in [-0.2, 0) is 42.2 Å². The van der Waals surface area contributed by atoms with Crippen LogP contribution >= 0.6 is 22.6 Å². The van der Waals surface area contributed by atoms with Crippen molar-refractivity contribution in [3.63, 3.8) is 0 Å². The van der Waals surface area contributed by atoms with Crippen LogP contribution < -0.4 is 27.0 Å². The van der Waals surface area contributed by atoms with Gasteiger partial charge in [-0.05, 0) is 310 Å². The van der Waals surface area contributed by atoms with Crippen molar-refractivity contribution in [2.45, 2.75) is 84.1 Å². The molecule has 2 aliphatic heterocycles. The minimum Gasteiger partial charge on any atom is -0.478 e. The van der Waals surface area contributed by atoms with Crippen molar-refractivity contribution in [1.82, 2.24) is 70.2 Å². The SMILES string of the molecule is C#Cc1ccc(CNC)cc1.CNCc1ccc(C#Cc2cc(C(=O)CCCCC3=CCN=C3)ccc2-n2cccn2)cc1.CNCc1ccc(C#Cc2cc(C(=O)O)ccc2-n2cccn2)cc1.CNCc1ccc(C#Cc2cc(C(=O)OC)ccc2-n2cccn2)cc1.COC(=O)c1ccc(-n2cccn2)c(I)c1.NCc1ccc(C#Cc2cc(C(=O)CCCCC3=CCN=C3)ccc2-n2cccn2)cc1. The Bertz CT molecular complexity index is 7200. The van der Waals surface area contributed by atoms with Gasteiger partial charge in [-0.3, -0.25) is 19.6 Å². The van der Waals surface area contributed by atoms with Crippen molar-refractivity contribution in [2.24, 2.45) is 15.7 Å². The van der Waals surface area contributed by atoms with Crippen molar-refractivity contribution in [3.05, 3.63) is 437 Å². The number of hydrogen-bond donors (Lipinski definition) is 6. The van der Waals surface area contributed by atoms with Gasteiger partial charge < -0.3 is 41.6 Å². The molecule has 26 heteroatoms. The first kappa shape index (κ1) is 105. The largest absolute Gasteiger partial charge is 0.478 e. The van der Waals surface area contributed by atoms with E-state index in [0.29, 0.717) is 52.8 Å². The minimum absolute atomic E-state index is 0.140. The number of esters is 2. The standard InChI is InChI=1S/C28H28N4O.C27H26N4O.C21H19N3O2.C20H17N3O2.C11H9IN2O2.C10H11N/c1-29-20-24-9-7-22(8-10-24)11-12-25-19-26(13-14-27(25)32-18-4-16-31-32)28(33)6-3-2-5-23-15-17-30-21-23;28-19-22-8-6-21(7-9-22)10-11-24-18-25(12-13-26(24)31-17-3-15-30-31)27(32)5-2-1-4-23-14-16-29-20-23;1-22-15-17-6-4-16(5-7-17)8-9-18-14-19(21(25)26-2)10-11-20(18)24-13-3-12-23-24;1-21-14-16-5-3-15(4-6-16)7-8-17-13-18(20(24)25)9-10-19(17)23-12-2-11-22-23;1-16-11(15)8-3-4-10(9(12)7-8)14-6-2-5-13-14;1-3-9-4-6-10(7-5-9)8-11-2/h4,7-10,13-16,18-19,21,29H,2-3,5-6,17,20H2,1H3;3,6-9,12-15,17-18,20H,1-2,4-5,16,19,28H2;3-7,10-14,22H,15H2,1-2H3;2-6,9-13,21H,14H2,1H3,(H,24,25);2-7H,1H3;1,4-7,11H,8H2,2H3. The number of aromatic nitrogens is 10. The molecule has 17 rings (SSSR count). The number of aliphatic imine (C=N–C) groups is 2. The number of carboxylic acids is 1. The molecule has 2 aliphatic rings. The molecule has 15 aromatic rings. The zero-order valence-corrected chi connectivity index (χ0v) is 82.6. The van der Waals surface area contributed by atoms with Gasteiger partial charge in [0.05, 0.1) is 94.7 Å². The van der Waals surface area contributed by atoms with Crippen LogP contribution in [0.25, 0.3) is 28.4 Å². The molecule has 0 amide bonds. The highest BCUT2D eigenvalue weighted by Crippen LogP contribution is 2.26. The van der Waals surface area contributed by atoms with Crippen LogP contribution in [0.3, 0.4) is 0 Å². The molecule has 0 aliphatic carbocycles. The zero-order valence-electron chi connectivity index (χ0n) is 80.5. The second-order valence-electron chi connectivity index (χ2n) is 32.4. The Kier molecular flexibility index (Phi) is 41.3. The van der Waals surface area contributed by atoms with Gasteiger partial charge in [-0.15, -0.1) is 6.42 Å². The zero-order chi connectivity index (χ0) is 101. The van der Waals surface area contributed by atoms with Crippen molar-refractivity contribution in [3.8, 4) is 88.1 Å². The summed E-state index contributed by atoms with van der Waals surface area (Å²) in [6, 6.07) is 76.1. The molecule has 0 saturated carbocycles. The number of Topliss-reactive ketones (excluding diaryl/α,β-unsaturated/α-hetero) is 2. The number of unbranched alkanes of at least 4 members (excludes halogenated alkanes) is 2. The Labute approximate surface area is 848 Å². The minimum atomic E-state index is -0.980. The third-order valence-electron chi connectivity index (χ3n) is 22.2. The molecule has 0 radical (unpaired) electrons. The fourth-order valence-corrected chi connectivity index (χ4v) is 15.4. The van der Waals surface area contributed by atoms with E-state index >= 15 is 0 Å². The van der Waals surface area contributed by atoms with Gasteiger partial charge in [-0.1, -0.05) is 126 Å². The highest BCUT2D eigenvalue weighted by atomic mass is 127. The second kappa shape index (κ2) is 56.3.